The first kappa shape index (κ1) is 14.3. The first-order chi connectivity index (χ1) is 9.52. The van der Waals surface area contributed by atoms with Crippen LogP contribution in [0.15, 0.2) is 36.4 Å². The second-order valence-electron chi connectivity index (χ2n) is 4.70. The molecule has 0 amide bonds. The van der Waals surface area contributed by atoms with Gasteiger partial charge in [-0.15, -0.1) is 0 Å². The van der Waals surface area contributed by atoms with Crippen LogP contribution in [-0.4, -0.2) is 7.11 Å². The van der Waals surface area contributed by atoms with Crippen LogP contribution in [0.5, 0.6) is 17.2 Å². The molecule has 106 valence electrons. The lowest BCUT2D eigenvalue weighted by molar-refractivity contribution is 0.393. The van der Waals surface area contributed by atoms with Crippen LogP contribution in [0.1, 0.15) is 24.1 Å². The lowest BCUT2D eigenvalue weighted by atomic mass is 10.1. The number of nitrogens with two attached hydrogens (primary N) is 1. The van der Waals surface area contributed by atoms with E-state index in [1.807, 2.05) is 13.8 Å². The summed E-state index contributed by atoms with van der Waals surface area (Å²) in [6.07, 6.45) is 0. The minimum atomic E-state index is -0.408. The van der Waals surface area contributed by atoms with Gasteiger partial charge in [-0.2, -0.15) is 0 Å². The predicted octanol–water partition coefficient (Wildman–Crippen LogP) is 3.95. The largest absolute Gasteiger partial charge is 0.496 e. The highest BCUT2D eigenvalue weighted by Gasteiger charge is 2.16. The molecular weight excluding hydrogens is 257 g/mol. The maximum Gasteiger partial charge on any atom is 0.165 e. The van der Waals surface area contributed by atoms with E-state index in [9.17, 15) is 4.39 Å². The molecule has 0 fully saturated rings. The van der Waals surface area contributed by atoms with Crippen LogP contribution in [-0.2, 0) is 0 Å². The number of benzene rings is 2. The van der Waals surface area contributed by atoms with E-state index in [1.165, 1.54) is 6.07 Å². The van der Waals surface area contributed by atoms with Crippen molar-refractivity contribution < 1.29 is 13.9 Å². The van der Waals surface area contributed by atoms with E-state index in [-0.39, 0.29) is 11.8 Å². The topological polar surface area (TPSA) is 44.5 Å². The van der Waals surface area contributed by atoms with Gasteiger partial charge < -0.3 is 15.2 Å². The van der Waals surface area contributed by atoms with E-state index in [0.717, 1.165) is 11.1 Å². The molecule has 0 heterocycles. The third-order valence-electron chi connectivity index (χ3n) is 3.01. The van der Waals surface area contributed by atoms with Crippen molar-refractivity contribution in [3.63, 3.8) is 0 Å². The molecule has 0 radical (unpaired) electrons. The third kappa shape index (κ3) is 2.91. The molecule has 0 aliphatic heterocycles. The smallest absolute Gasteiger partial charge is 0.165 e. The fourth-order valence-corrected chi connectivity index (χ4v) is 2.05. The Morgan fingerprint density at radius 2 is 1.80 bits per heavy atom. The Morgan fingerprint density at radius 1 is 1.10 bits per heavy atom. The second kappa shape index (κ2) is 5.92. The normalized spacial score (nSPS) is 12.1. The SMILES string of the molecule is COc1cccc(Oc2cc(C)ccc2F)c1[C@H](C)N. The predicted molar refractivity (Wildman–Crippen MR) is 76.8 cm³/mol. The number of rotatable bonds is 4. The zero-order valence-corrected chi connectivity index (χ0v) is 11.8. The highest BCUT2D eigenvalue weighted by molar-refractivity contribution is 5.48. The first-order valence-electron chi connectivity index (χ1n) is 6.39. The van der Waals surface area contributed by atoms with Gasteiger partial charge in [-0.25, -0.2) is 4.39 Å². The van der Waals surface area contributed by atoms with Gasteiger partial charge in [-0.1, -0.05) is 12.1 Å². The van der Waals surface area contributed by atoms with E-state index in [0.29, 0.717) is 11.5 Å². The standard InChI is InChI=1S/C16H18FNO2/c1-10-7-8-12(17)15(9-10)20-14-6-4-5-13(19-3)16(14)11(2)18/h4-9,11H,18H2,1-3H3/t11-/m0/s1. The summed E-state index contributed by atoms with van der Waals surface area (Å²) in [5, 5.41) is 0. The molecule has 0 spiro atoms. The van der Waals surface area contributed by atoms with Crippen molar-refractivity contribution in [2.75, 3.05) is 7.11 Å². The average Bonchev–Trinajstić information content (AvgIpc) is 2.42. The number of hydrogen-bond donors (Lipinski definition) is 1. The zero-order valence-electron chi connectivity index (χ0n) is 11.8. The summed E-state index contributed by atoms with van der Waals surface area (Å²) in [5.74, 6) is 0.906. The fourth-order valence-electron chi connectivity index (χ4n) is 2.05. The maximum atomic E-state index is 13.8. The molecule has 3 nitrogen and oxygen atoms in total. The molecule has 0 saturated carbocycles. The summed E-state index contributed by atoms with van der Waals surface area (Å²) in [6, 6.07) is 9.79. The van der Waals surface area contributed by atoms with Crippen LogP contribution in [0.25, 0.3) is 0 Å². The molecule has 0 aliphatic rings. The Morgan fingerprint density at radius 3 is 2.45 bits per heavy atom. The Bertz CT molecular complexity index is 611. The number of aryl methyl sites for hydroxylation is 1. The lowest BCUT2D eigenvalue weighted by Crippen LogP contribution is -2.09. The highest BCUT2D eigenvalue weighted by atomic mass is 19.1. The zero-order chi connectivity index (χ0) is 14.7. The number of methoxy groups -OCH3 is 1. The van der Waals surface area contributed by atoms with Crippen molar-refractivity contribution in [3.05, 3.63) is 53.3 Å². The van der Waals surface area contributed by atoms with Crippen molar-refractivity contribution in [2.24, 2.45) is 5.73 Å². The Balaban J connectivity index is 2.45. The molecule has 0 aromatic heterocycles. The second-order valence-corrected chi connectivity index (χ2v) is 4.70. The van der Waals surface area contributed by atoms with Gasteiger partial charge in [-0.05, 0) is 43.7 Å². The van der Waals surface area contributed by atoms with Crippen molar-refractivity contribution in [1.82, 2.24) is 0 Å². The molecule has 0 aliphatic carbocycles. The van der Waals surface area contributed by atoms with Gasteiger partial charge in [0, 0.05) is 6.04 Å². The van der Waals surface area contributed by atoms with Crippen molar-refractivity contribution in [1.29, 1.82) is 0 Å². The van der Waals surface area contributed by atoms with Crippen LogP contribution < -0.4 is 15.2 Å². The Labute approximate surface area is 118 Å². The Kier molecular flexibility index (Phi) is 4.25. The Hall–Kier alpha value is -2.07. The molecule has 4 heteroatoms. The van der Waals surface area contributed by atoms with Crippen LogP contribution in [0.3, 0.4) is 0 Å². The maximum absolute atomic E-state index is 13.8. The minimum Gasteiger partial charge on any atom is -0.496 e. The molecule has 2 aromatic carbocycles. The summed E-state index contributed by atoms with van der Waals surface area (Å²) in [4.78, 5) is 0. The van der Waals surface area contributed by atoms with Gasteiger partial charge in [0.2, 0.25) is 0 Å². The van der Waals surface area contributed by atoms with Crippen LogP contribution in [0, 0.1) is 12.7 Å². The van der Waals surface area contributed by atoms with E-state index < -0.39 is 5.82 Å². The number of hydrogen-bond acceptors (Lipinski definition) is 3. The number of ether oxygens (including phenoxy) is 2. The summed E-state index contributed by atoms with van der Waals surface area (Å²) in [5.41, 5.74) is 7.60. The highest BCUT2D eigenvalue weighted by Crippen LogP contribution is 2.36. The van der Waals surface area contributed by atoms with Gasteiger partial charge in [0.05, 0.1) is 12.7 Å². The van der Waals surface area contributed by atoms with Crippen LogP contribution in [0.2, 0.25) is 0 Å². The first-order valence-corrected chi connectivity index (χ1v) is 6.39. The van der Waals surface area contributed by atoms with E-state index in [1.54, 1.807) is 37.4 Å². The molecular formula is C16H18FNO2. The average molecular weight is 275 g/mol. The molecule has 0 bridgehead atoms. The molecule has 2 rings (SSSR count). The molecule has 1 atom stereocenters. The van der Waals surface area contributed by atoms with Crippen molar-refractivity contribution in [3.8, 4) is 17.2 Å². The number of halogens is 1. The molecule has 0 saturated heterocycles. The monoisotopic (exact) mass is 275 g/mol. The summed E-state index contributed by atoms with van der Waals surface area (Å²) < 4.78 is 24.8. The van der Waals surface area contributed by atoms with Crippen LogP contribution in [0.4, 0.5) is 4.39 Å². The third-order valence-corrected chi connectivity index (χ3v) is 3.01. The molecule has 2 aromatic rings. The van der Waals surface area contributed by atoms with Crippen LogP contribution >= 0.6 is 0 Å². The fraction of sp³-hybridized carbons (Fsp3) is 0.250. The van der Waals surface area contributed by atoms with Gasteiger partial charge in [0.1, 0.15) is 11.5 Å². The van der Waals surface area contributed by atoms with E-state index in [4.69, 9.17) is 15.2 Å². The molecule has 0 unspecified atom stereocenters. The van der Waals surface area contributed by atoms with Gasteiger partial charge >= 0.3 is 0 Å². The molecule has 2 N–H and O–H groups in total. The van der Waals surface area contributed by atoms with Gasteiger partial charge in [-0.3, -0.25) is 0 Å². The quantitative estimate of drug-likeness (QED) is 0.918. The summed E-state index contributed by atoms with van der Waals surface area (Å²) in [6.45, 7) is 3.71. The van der Waals surface area contributed by atoms with E-state index in [2.05, 4.69) is 0 Å². The minimum absolute atomic E-state index is 0.181. The van der Waals surface area contributed by atoms with Crippen molar-refractivity contribution >= 4 is 0 Å². The lowest BCUT2D eigenvalue weighted by Gasteiger charge is -2.17. The van der Waals surface area contributed by atoms with Gasteiger partial charge in [0.25, 0.3) is 0 Å². The van der Waals surface area contributed by atoms with Crippen molar-refractivity contribution in [2.45, 2.75) is 19.9 Å². The van der Waals surface area contributed by atoms with Gasteiger partial charge in [0.15, 0.2) is 11.6 Å². The summed E-state index contributed by atoms with van der Waals surface area (Å²) >= 11 is 0. The summed E-state index contributed by atoms with van der Waals surface area (Å²) in [7, 11) is 1.57. The van der Waals surface area contributed by atoms with E-state index >= 15 is 0 Å². The molecule has 20 heavy (non-hydrogen) atoms.